The second kappa shape index (κ2) is 11.5. The van der Waals surface area contributed by atoms with Gasteiger partial charge in [-0.25, -0.2) is 0 Å². The van der Waals surface area contributed by atoms with Gasteiger partial charge in [0, 0.05) is 11.0 Å². The largest absolute Gasteiger partial charge is 0.390 e. The van der Waals surface area contributed by atoms with Gasteiger partial charge in [-0.3, -0.25) is 0 Å². The Morgan fingerprint density at radius 3 is 1.62 bits per heavy atom. The molecule has 0 unspecified atom stereocenters. The second-order valence-corrected chi connectivity index (χ2v) is 11.2. The molecule has 0 amide bonds. The molecule has 2 rings (SSSR count). The molecule has 0 atom stereocenters. The molecule has 2 heteroatoms. The van der Waals surface area contributed by atoms with Gasteiger partial charge in [0.25, 0.3) is 0 Å². The van der Waals surface area contributed by atoms with Crippen LogP contribution in [0, 0.1) is 22.7 Å². The summed E-state index contributed by atoms with van der Waals surface area (Å²) >= 11 is 0. The van der Waals surface area contributed by atoms with Crippen LogP contribution in [0.5, 0.6) is 0 Å². The van der Waals surface area contributed by atoms with Crippen LogP contribution in [-0.2, 0) is 0 Å². The van der Waals surface area contributed by atoms with E-state index in [0.717, 1.165) is 12.0 Å². The summed E-state index contributed by atoms with van der Waals surface area (Å²) in [5.41, 5.74) is 0.763. The molecule has 0 aliphatic rings. The first-order valence-electron chi connectivity index (χ1n) is 11.3. The maximum absolute atomic E-state index is 9.82. The summed E-state index contributed by atoms with van der Waals surface area (Å²) in [6.45, 7) is 15.7. The summed E-state index contributed by atoms with van der Waals surface area (Å²) in [5, 5.41) is 19.6. The third-order valence-electron chi connectivity index (χ3n) is 4.61. The Morgan fingerprint density at radius 2 is 1.16 bits per heavy atom. The lowest BCUT2D eigenvalue weighted by Gasteiger charge is -2.28. The van der Waals surface area contributed by atoms with Crippen molar-refractivity contribution in [3.05, 3.63) is 77.9 Å². The average molecular weight is 435 g/mol. The van der Waals surface area contributed by atoms with E-state index in [1.807, 2.05) is 76.2 Å². The highest BCUT2D eigenvalue weighted by Crippen LogP contribution is 2.30. The predicted octanol–water partition coefficient (Wildman–Crippen LogP) is 7.11. The molecule has 2 nitrogen and oxygen atoms in total. The SMILES string of the molecule is CC(C)(O)CC(C)(C)/C=C/c1ccccc1.CC(C)(O)CC(C)(C)C#Cc1ccccc1. The van der Waals surface area contributed by atoms with Crippen molar-refractivity contribution in [3.8, 4) is 11.8 Å². The minimum absolute atomic E-state index is 0.00803. The highest BCUT2D eigenvalue weighted by Gasteiger charge is 2.25. The third kappa shape index (κ3) is 13.9. The van der Waals surface area contributed by atoms with Crippen molar-refractivity contribution in [1.29, 1.82) is 0 Å². The van der Waals surface area contributed by atoms with E-state index in [1.165, 1.54) is 5.56 Å². The topological polar surface area (TPSA) is 40.5 Å². The molecule has 0 spiro atoms. The van der Waals surface area contributed by atoms with Crippen LogP contribution in [0.1, 0.15) is 79.4 Å². The monoisotopic (exact) mass is 434 g/mol. The normalized spacial score (nSPS) is 12.6. The van der Waals surface area contributed by atoms with Gasteiger partial charge in [-0.05, 0) is 77.5 Å². The lowest BCUT2D eigenvalue weighted by molar-refractivity contribution is 0.0438. The lowest BCUT2D eigenvalue weighted by atomic mass is 9.81. The van der Waals surface area contributed by atoms with E-state index in [2.05, 4.69) is 63.8 Å². The highest BCUT2D eigenvalue weighted by atomic mass is 16.3. The van der Waals surface area contributed by atoms with Crippen LogP contribution in [-0.4, -0.2) is 21.4 Å². The van der Waals surface area contributed by atoms with Crippen molar-refractivity contribution in [2.75, 3.05) is 0 Å². The van der Waals surface area contributed by atoms with E-state index >= 15 is 0 Å². The van der Waals surface area contributed by atoms with E-state index in [4.69, 9.17) is 0 Å². The summed E-state index contributed by atoms with van der Waals surface area (Å²) < 4.78 is 0. The van der Waals surface area contributed by atoms with Crippen molar-refractivity contribution in [1.82, 2.24) is 0 Å². The Bertz CT molecular complexity index is 881. The standard InChI is InChI=1S/C15H22O.C15H20O/c2*1-14(2,12-15(3,4)16)11-10-13-8-6-5-7-9-13/h5-11,16H,12H2,1-4H3;5-9,16H,12H2,1-4H3/b11-10+;. The van der Waals surface area contributed by atoms with Crippen LogP contribution in [0.25, 0.3) is 6.08 Å². The molecule has 0 saturated heterocycles. The van der Waals surface area contributed by atoms with Crippen LogP contribution in [0.2, 0.25) is 0 Å². The zero-order valence-electron chi connectivity index (χ0n) is 21.2. The van der Waals surface area contributed by atoms with Crippen molar-refractivity contribution >= 4 is 6.08 Å². The number of hydrogen-bond donors (Lipinski definition) is 2. The molecule has 0 bridgehead atoms. The van der Waals surface area contributed by atoms with Crippen LogP contribution < -0.4 is 0 Å². The van der Waals surface area contributed by atoms with E-state index in [-0.39, 0.29) is 10.8 Å². The third-order valence-corrected chi connectivity index (χ3v) is 4.61. The minimum Gasteiger partial charge on any atom is -0.390 e. The molecule has 32 heavy (non-hydrogen) atoms. The predicted molar refractivity (Wildman–Crippen MR) is 138 cm³/mol. The molecule has 0 aliphatic carbocycles. The van der Waals surface area contributed by atoms with Crippen molar-refractivity contribution in [2.45, 2.75) is 79.4 Å². The molecule has 0 fully saturated rings. The molecule has 2 N–H and O–H groups in total. The minimum atomic E-state index is -0.672. The maximum Gasteiger partial charge on any atom is 0.0606 e. The first kappa shape index (κ1) is 27.7. The van der Waals surface area contributed by atoms with Gasteiger partial charge in [0.2, 0.25) is 0 Å². The quantitative estimate of drug-likeness (QED) is 0.476. The molecular formula is C30H42O2. The molecule has 2 aromatic carbocycles. The van der Waals surface area contributed by atoms with Gasteiger partial charge in [0.05, 0.1) is 11.2 Å². The van der Waals surface area contributed by atoms with E-state index in [0.29, 0.717) is 6.42 Å². The van der Waals surface area contributed by atoms with Crippen molar-refractivity contribution < 1.29 is 10.2 Å². The fourth-order valence-electron chi connectivity index (χ4n) is 3.95. The first-order chi connectivity index (χ1) is 14.6. The Hall–Kier alpha value is -2.34. The maximum atomic E-state index is 9.82. The number of hydrogen-bond acceptors (Lipinski definition) is 2. The Morgan fingerprint density at radius 1 is 0.688 bits per heavy atom. The Kier molecular flexibility index (Phi) is 9.96. The van der Waals surface area contributed by atoms with Crippen LogP contribution >= 0.6 is 0 Å². The number of rotatable bonds is 6. The van der Waals surface area contributed by atoms with Gasteiger partial charge in [-0.2, -0.15) is 0 Å². The fourth-order valence-corrected chi connectivity index (χ4v) is 3.95. The number of aliphatic hydroxyl groups is 2. The summed E-state index contributed by atoms with van der Waals surface area (Å²) in [7, 11) is 0. The zero-order valence-corrected chi connectivity index (χ0v) is 21.2. The molecule has 0 radical (unpaired) electrons. The van der Waals surface area contributed by atoms with Gasteiger partial charge in [0.1, 0.15) is 0 Å². The van der Waals surface area contributed by atoms with Crippen LogP contribution in [0.4, 0.5) is 0 Å². The summed E-state index contributed by atoms with van der Waals surface area (Å²) in [4.78, 5) is 0. The van der Waals surface area contributed by atoms with Crippen molar-refractivity contribution in [3.63, 3.8) is 0 Å². The fraction of sp³-hybridized carbons (Fsp3) is 0.467. The summed E-state index contributed by atoms with van der Waals surface area (Å²) in [6.07, 6.45) is 5.70. The molecule has 0 heterocycles. The second-order valence-electron chi connectivity index (χ2n) is 11.2. The summed E-state index contributed by atoms with van der Waals surface area (Å²) in [5.74, 6) is 6.37. The lowest BCUT2D eigenvalue weighted by Crippen LogP contribution is -2.27. The number of allylic oxidation sites excluding steroid dienone is 1. The summed E-state index contributed by atoms with van der Waals surface area (Å²) in [6, 6.07) is 20.2. The molecular weight excluding hydrogens is 392 g/mol. The van der Waals surface area contributed by atoms with Gasteiger partial charge in [0.15, 0.2) is 0 Å². The van der Waals surface area contributed by atoms with Gasteiger partial charge in [-0.1, -0.05) is 86.4 Å². The van der Waals surface area contributed by atoms with Crippen molar-refractivity contribution in [2.24, 2.45) is 10.8 Å². The smallest absolute Gasteiger partial charge is 0.0606 e. The van der Waals surface area contributed by atoms with E-state index in [9.17, 15) is 10.2 Å². The van der Waals surface area contributed by atoms with Crippen LogP contribution in [0.15, 0.2) is 66.7 Å². The van der Waals surface area contributed by atoms with Gasteiger partial charge in [-0.15, -0.1) is 0 Å². The van der Waals surface area contributed by atoms with Gasteiger partial charge < -0.3 is 10.2 Å². The van der Waals surface area contributed by atoms with Crippen LogP contribution in [0.3, 0.4) is 0 Å². The molecule has 174 valence electrons. The molecule has 0 saturated carbocycles. The first-order valence-corrected chi connectivity index (χ1v) is 11.3. The van der Waals surface area contributed by atoms with Gasteiger partial charge >= 0.3 is 0 Å². The average Bonchev–Trinajstić information content (AvgIpc) is 2.64. The van der Waals surface area contributed by atoms with E-state index < -0.39 is 11.2 Å². The highest BCUT2D eigenvalue weighted by molar-refractivity contribution is 5.49. The molecule has 0 aromatic heterocycles. The number of benzene rings is 2. The Balaban J connectivity index is 0.000000320. The Labute approximate surface area is 196 Å². The molecule has 0 aliphatic heterocycles. The zero-order chi connectivity index (χ0) is 24.5. The molecule has 2 aromatic rings. The van der Waals surface area contributed by atoms with E-state index in [1.54, 1.807) is 0 Å².